The quantitative estimate of drug-likeness (QED) is 0.587. The molecule has 0 aromatic rings. The molecule has 0 aromatic carbocycles. The first-order valence-corrected chi connectivity index (χ1v) is 5.71. The summed E-state index contributed by atoms with van der Waals surface area (Å²) in [5, 5.41) is 0. The van der Waals surface area contributed by atoms with Crippen LogP contribution < -0.4 is 0 Å². The standard InChI is InChI=1S/C12H27NO/c1-10(2)12(11(3)4)14-9-7-8-13(5)6/h10-12H,7-9H2,1-6H3. The third-order valence-corrected chi connectivity index (χ3v) is 2.37. The van der Waals surface area contributed by atoms with Crippen molar-refractivity contribution in [3.05, 3.63) is 0 Å². The third kappa shape index (κ3) is 6.39. The second kappa shape index (κ2) is 7.24. The Labute approximate surface area is 89.6 Å². The normalized spacial score (nSPS) is 12.4. The molecule has 0 heterocycles. The molecule has 0 fully saturated rings. The summed E-state index contributed by atoms with van der Waals surface area (Å²) in [4.78, 5) is 2.20. The summed E-state index contributed by atoms with van der Waals surface area (Å²) in [6.45, 7) is 10.9. The van der Waals surface area contributed by atoms with Crippen molar-refractivity contribution in [2.24, 2.45) is 11.8 Å². The molecule has 86 valence electrons. The van der Waals surface area contributed by atoms with E-state index in [1.165, 1.54) is 0 Å². The maximum absolute atomic E-state index is 5.89. The molecule has 0 aliphatic rings. The summed E-state index contributed by atoms with van der Waals surface area (Å²) < 4.78 is 5.89. The van der Waals surface area contributed by atoms with Crippen molar-refractivity contribution in [1.29, 1.82) is 0 Å². The number of hydrogen-bond acceptors (Lipinski definition) is 2. The molecule has 0 rings (SSSR count). The minimum Gasteiger partial charge on any atom is -0.378 e. The zero-order chi connectivity index (χ0) is 11.1. The molecule has 0 saturated heterocycles. The molecule has 0 unspecified atom stereocenters. The van der Waals surface area contributed by atoms with Crippen LogP contribution >= 0.6 is 0 Å². The highest BCUT2D eigenvalue weighted by molar-refractivity contribution is 4.66. The minimum atomic E-state index is 0.414. The fraction of sp³-hybridized carbons (Fsp3) is 1.00. The van der Waals surface area contributed by atoms with Crippen molar-refractivity contribution in [2.75, 3.05) is 27.2 Å². The van der Waals surface area contributed by atoms with Gasteiger partial charge in [0, 0.05) is 6.61 Å². The molecule has 2 nitrogen and oxygen atoms in total. The Hall–Kier alpha value is -0.0800. The Balaban J connectivity index is 3.62. The molecule has 0 saturated carbocycles. The van der Waals surface area contributed by atoms with Crippen LogP contribution in [0.25, 0.3) is 0 Å². The highest BCUT2D eigenvalue weighted by Gasteiger charge is 2.17. The highest BCUT2D eigenvalue weighted by Crippen LogP contribution is 2.16. The van der Waals surface area contributed by atoms with Crippen molar-refractivity contribution < 1.29 is 4.74 Å². The van der Waals surface area contributed by atoms with Gasteiger partial charge in [-0.2, -0.15) is 0 Å². The Bertz CT molecular complexity index is 124. The topological polar surface area (TPSA) is 12.5 Å². The van der Waals surface area contributed by atoms with Gasteiger partial charge in [-0.3, -0.25) is 0 Å². The van der Waals surface area contributed by atoms with E-state index in [4.69, 9.17) is 4.74 Å². The summed E-state index contributed by atoms with van der Waals surface area (Å²) in [7, 11) is 4.20. The number of rotatable bonds is 7. The van der Waals surface area contributed by atoms with Crippen LogP contribution in [0.5, 0.6) is 0 Å². The van der Waals surface area contributed by atoms with Gasteiger partial charge in [-0.05, 0) is 38.9 Å². The van der Waals surface area contributed by atoms with Crippen LogP contribution in [0.4, 0.5) is 0 Å². The lowest BCUT2D eigenvalue weighted by atomic mass is 9.96. The largest absolute Gasteiger partial charge is 0.378 e. The van der Waals surface area contributed by atoms with Gasteiger partial charge in [0.25, 0.3) is 0 Å². The zero-order valence-electron chi connectivity index (χ0n) is 10.7. The van der Waals surface area contributed by atoms with Gasteiger partial charge >= 0.3 is 0 Å². The Morgan fingerprint density at radius 2 is 1.50 bits per heavy atom. The predicted octanol–water partition coefficient (Wildman–Crippen LogP) is 2.64. The Kier molecular flexibility index (Phi) is 7.20. The second-order valence-corrected chi connectivity index (χ2v) is 4.98. The summed E-state index contributed by atoms with van der Waals surface area (Å²) in [6, 6.07) is 0. The van der Waals surface area contributed by atoms with Crippen LogP contribution in [0.15, 0.2) is 0 Å². The van der Waals surface area contributed by atoms with Crippen LogP contribution in [0.1, 0.15) is 34.1 Å². The molecule has 0 aliphatic carbocycles. The van der Waals surface area contributed by atoms with Crippen LogP contribution in [0.3, 0.4) is 0 Å². The van der Waals surface area contributed by atoms with Crippen LogP contribution in [-0.2, 0) is 4.74 Å². The molecule has 14 heavy (non-hydrogen) atoms. The van der Waals surface area contributed by atoms with E-state index in [0.717, 1.165) is 19.6 Å². The average molecular weight is 201 g/mol. The van der Waals surface area contributed by atoms with Gasteiger partial charge in [-0.15, -0.1) is 0 Å². The molecule has 0 bridgehead atoms. The van der Waals surface area contributed by atoms with E-state index in [-0.39, 0.29) is 0 Å². The first-order valence-electron chi connectivity index (χ1n) is 5.71. The second-order valence-electron chi connectivity index (χ2n) is 4.98. The van der Waals surface area contributed by atoms with Crippen molar-refractivity contribution in [3.8, 4) is 0 Å². The van der Waals surface area contributed by atoms with Gasteiger partial charge < -0.3 is 9.64 Å². The zero-order valence-corrected chi connectivity index (χ0v) is 10.7. The average Bonchev–Trinajstić information content (AvgIpc) is 2.01. The third-order valence-electron chi connectivity index (χ3n) is 2.37. The van der Waals surface area contributed by atoms with Crippen LogP contribution in [0.2, 0.25) is 0 Å². The summed E-state index contributed by atoms with van der Waals surface area (Å²) in [5.74, 6) is 1.24. The molecule has 0 amide bonds. The monoisotopic (exact) mass is 201 g/mol. The van der Waals surface area contributed by atoms with Crippen LogP contribution in [0, 0.1) is 11.8 Å². The lowest BCUT2D eigenvalue weighted by Crippen LogP contribution is -2.27. The van der Waals surface area contributed by atoms with E-state index in [9.17, 15) is 0 Å². The smallest absolute Gasteiger partial charge is 0.0620 e. The van der Waals surface area contributed by atoms with Gasteiger partial charge in [0.05, 0.1) is 6.10 Å². The van der Waals surface area contributed by atoms with E-state index in [1.807, 2.05) is 0 Å². The Morgan fingerprint density at radius 1 is 1.00 bits per heavy atom. The molecule has 0 aliphatic heterocycles. The molecule has 2 heteroatoms. The predicted molar refractivity (Wildman–Crippen MR) is 62.6 cm³/mol. The molecule has 0 spiro atoms. The van der Waals surface area contributed by atoms with Crippen molar-refractivity contribution >= 4 is 0 Å². The van der Waals surface area contributed by atoms with Gasteiger partial charge in [-0.25, -0.2) is 0 Å². The molecule has 0 N–H and O–H groups in total. The summed E-state index contributed by atoms with van der Waals surface area (Å²) in [6.07, 6.45) is 1.54. The lowest BCUT2D eigenvalue weighted by molar-refractivity contribution is -0.0104. The molecular formula is C12H27NO. The lowest BCUT2D eigenvalue weighted by Gasteiger charge is -2.25. The van der Waals surface area contributed by atoms with E-state index < -0.39 is 0 Å². The minimum absolute atomic E-state index is 0.414. The maximum Gasteiger partial charge on any atom is 0.0620 e. The van der Waals surface area contributed by atoms with Crippen molar-refractivity contribution in [2.45, 2.75) is 40.2 Å². The fourth-order valence-corrected chi connectivity index (χ4v) is 1.75. The molecule has 0 atom stereocenters. The van der Waals surface area contributed by atoms with E-state index in [2.05, 4.69) is 46.7 Å². The highest BCUT2D eigenvalue weighted by atomic mass is 16.5. The maximum atomic E-state index is 5.89. The number of ether oxygens (including phenoxy) is 1. The van der Waals surface area contributed by atoms with Gasteiger partial charge in [-0.1, -0.05) is 27.7 Å². The van der Waals surface area contributed by atoms with Crippen molar-refractivity contribution in [3.63, 3.8) is 0 Å². The van der Waals surface area contributed by atoms with E-state index in [0.29, 0.717) is 17.9 Å². The van der Waals surface area contributed by atoms with Gasteiger partial charge in [0.1, 0.15) is 0 Å². The van der Waals surface area contributed by atoms with Crippen molar-refractivity contribution in [1.82, 2.24) is 4.90 Å². The first-order chi connectivity index (χ1) is 6.45. The molecule has 0 aromatic heterocycles. The molecular weight excluding hydrogens is 174 g/mol. The number of hydrogen-bond donors (Lipinski definition) is 0. The van der Waals surface area contributed by atoms with E-state index in [1.54, 1.807) is 0 Å². The van der Waals surface area contributed by atoms with Gasteiger partial charge in [0.2, 0.25) is 0 Å². The summed E-state index contributed by atoms with van der Waals surface area (Å²) >= 11 is 0. The summed E-state index contributed by atoms with van der Waals surface area (Å²) in [5.41, 5.74) is 0. The molecule has 0 radical (unpaired) electrons. The fourth-order valence-electron chi connectivity index (χ4n) is 1.75. The van der Waals surface area contributed by atoms with Crippen LogP contribution in [-0.4, -0.2) is 38.3 Å². The SMILES string of the molecule is CC(C)C(OCCCN(C)C)C(C)C. The van der Waals surface area contributed by atoms with E-state index >= 15 is 0 Å². The first kappa shape index (κ1) is 13.9. The number of nitrogens with zero attached hydrogens (tertiary/aromatic N) is 1. The van der Waals surface area contributed by atoms with Gasteiger partial charge in [0.15, 0.2) is 0 Å². The Morgan fingerprint density at radius 3 is 1.86 bits per heavy atom.